The summed E-state index contributed by atoms with van der Waals surface area (Å²) in [5.41, 5.74) is 1.11. The van der Waals surface area contributed by atoms with E-state index in [2.05, 4.69) is 9.39 Å². The van der Waals surface area contributed by atoms with Crippen LogP contribution < -0.4 is 14.3 Å². The molecule has 12 heteroatoms. The number of aliphatic imine (C=N–C) groups is 1. The minimum atomic E-state index is -4.05. The van der Waals surface area contributed by atoms with Crippen LogP contribution in [0.15, 0.2) is 98.8 Å². The van der Waals surface area contributed by atoms with E-state index in [0.29, 0.717) is 40.8 Å². The highest BCUT2D eigenvalue weighted by atomic mass is 35.5. The molecule has 0 saturated carbocycles. The molecule has 0 amide bonds. The molecule has 0 saturated heterocycles. The summed E-state index contributed by atoms with van der Waals surface area (Å²) in [4.78, 5) is 17.7. The van der Waals surface area contributed by atoms with Crippen LogP contribution in [0.2, 0.25) is 5.15 Å². The molecule has 0 atom stereocenters. The maximum Gasteiger partial charge on any atom is 0.363 e. The predicted octanol–water partition coefficient (Wildman–Crippen LogP) is 5.62. The van der Waals surface area contributed by atoms with Crippen molar-refractivity contribution in [3.63, 3.8) is 0 Å². The lowest BCUT2D eigenvalue weighted by atomic mass is 10.2. The van der Waals surface area contributed by atoms with Gasteiger partial charge in [-0.25, -0.2) is 9.79 Å². The number of hydrogen-bond donors (Lipinski definition) is 0. The van der Waals surface area contributed by atoms with Gasteiger partial charge in [0.15, 0.2) is 17.2 Å². The number of cyclic esters (lactones) is 1. The Morgan fingerprint density at radius 2 is 1.63 bits per heavy atom. The molecule has 1 aromatic heterocycles. The normalized spacial score (nSPS) is 14.7. The topological polar surface area (TPSA) is 109 Å². The quantitative estimate of drug-likeness (QED) is 0.180. The van der Waals surface area contributed by atoms with Crippen LogP contribution in [0.3, 0.4) is 0 Å². The molecular formula is C29H24ClN3O6S2. The van der Waals surface area contributed by atoms with E-state index in [1.54, 1.807) is 60.7 Å². The third-order valence-corrected chi connectivity index (χ3v) is 8.59. The highest BCUT2D eigenvalue weighted by Crippen LogP contribution is 2.31. The number of hydrogen-bond acceptors (Lipinski definition) is 8. The molecule has 0 aliphatic carbocycles. The number of sulfonamides is 1. The van der Waals surface area contributed by atoms with Crippen molar-refractivity contribution in [3.8, 4) is 17.2 Å². The third-order valence-electron chi connectivity index (χ3n) is 5.72. The Kier molecular flexibility index (Phi) is 8.39. The van der Waals surface area contributed by atoms with E-state index in [1.807, 2.05) is 19.9 Å². The Labute approximate surface area is 245 Å². The number of thiazole rings is 1. The van der Waals surface area contributed by atoms with Gasteiger partial charge in [0.05, 0.1) is 23.0 Å². The number of benzene rings is 3. The molecule has 3 aromatic carbocycles. The lowest BCUT2D eigenvalue weighted by molar-refractivity contribution is -0.129. The van der Waals surface area contributed by atoms with E-state index in [0.717, 1.165) is 11.3 Å². The highest BCUT2D eigenvalue weighted by molar-refractivity contribution is 7.90. The Bertz CT molecular complexity index is 1830. The summed E-state index contributed by atoms with van der Waals surface area (Å²) >= 11 is 7.76. The zero-order chi connectivity index (χ0) is 29.0. The summed E-state index contributed by atoms with van der Waals surface area (Å²) in [6.07, 6.45) is 1.45. The monoisotopic (exact) mass is 609 g/mol. The average Bonchev–Trinajstić information content (AvgIpc) is 3.49. The van der Waals surface area contributed by atoms with Gasteiger partial charge in [-0.15, -0.1) is 4.40 Å². The fraction of sp³-hybridized carbons (Fsp3) is 0.138. The van der Waals surface area contributed by atoms with Crippen LogP contribution in [-0.2, 0) is 19.6 Å². The fourth-order valence-corrected chi connectivity index (χ4v) is 6.48. The molecule has 5 rings (SSSR count). The van der Waals surface area contributed by atoms with Gasteiger partial charge in [-0.05, 0) is 62.4 Å². The molecular weight excluding hydrogens is 586 g/mol. The number of aromatic nitrogens is 1. The second-order valence-electron chi connectivity index (χ2n) is 8.45. The molecule has 0 radical (unpaired) electrons. The van der Waals surface area contributed by atoms with Crippen molar-refractivity contribution < 1.29 is 27.4 Å². The van der Waals surface area contributed by atoms with Gasteiger partial charge in [-0.1, -0.05) is 59.3 Å². The number of halogens is 1. The number of esters is 1. The number of carbonyl (C=O) groups excluding carboxylic acids is 1. The van der Waals surface area contributed by atoms with Gasteiger partial charge in [-0.3, -0.25) is 4.57 Å². The van der Waals surface area contributed by atoms with E-state index >= 15 is 0 Å². The van der Waals surface area contributed by atoms with Crippen molar-refractivity contribution in [2.45, 2.75) is 18.7 Å². The summed E-state index contributed by atoms with van der Waals surface area (Å²) in [5.74, 6) is 0.471. The SMILES string of the molecule is CCOc1ccc(C2=N/C(=C\c3s/c(=N/S(=O)(=O)c4ccccc4)n(-c4ccccc4)c3Cl)C(=O)O2)cc1OCC. The van der Waals surface area contributed by atoms with Gasteiger partial charge in [0.25, 0.3) is 10.0 Å². The highest BCUT2D eigenvalue weighted by Gasteiger charge is 2.27. The summed E-state index contributed by atoms with van der Waals surface area (Å²) in [5, 5.41) is 0.159. The van der Waals surface area contributed by atoms with Gasteiger partial charge < -0.3 is 14.2 Å². The second-order valence-corrected chi connectivity index (χ2v) is 11.4. The maximum absolute atomic E-state index is 13.1. The van der Waals surface area contributed by atoms with E-state index < -0.39 is 16.0 Å². The molecule has 0 fully saturated rings. The Hall–Kier alpha value is -4.19. The van der Waals surface area contributed by atoms with Crippen molar-refractivity contribution in [2.75, 3.05) is 13.2 Å². The van der Waals surface area contributed by atoms with Crippen LogP contribution >= 0.6 is 22.9 Å². The third kappa shape index (κ3) is 6.12. The number of ether oxygens (including phenoxy) is 3. The molecule has 1 aliphatic rings. The molecule has 0 unspecified atom stereocenters. The first-order valence-corrected chi connectivity index (χ1v) is 15.2. The van der Waals surface area contributed by atoms with E-state index in [9.17, 15) is 13.2 Å². The van der Waals surface area contributed by atoms with Gasteiger partial charge in [0.2, 0.25) is 10.7 Å². The number of nitrogens with zero attached hydrogens (tertiary/aromatic N) is 3. The van der Waals surface area contributed by atoms with Crippen molar-refractivity contribution >= 4 is 50.9 Å². The minimum absolute atomic E-state index is 0.00678. The Morgan fingerprint density at radius 1 is 0.976 bits per heavy atom. The second kappa shape index (κ2) is 12.1. The number of para-hydroxylation sites is 1. The van der Waals surface area contributed by atoms with Crippen LogP contribution in [0.4, 0.5) is 0 Å². The largest absolute Gasteiger partial charge is 0.490 e. The van der Waals surface area contributed by atoms with Crippen molar-refractivity contribution in [1.82, 2.24) is 4.57 Å². The van der Waals surface area contributed by atoms with Gasteiger partial charge in [0, 0.05) is 11.3 Å². The zero-order valence-electron chi connectivity index (χ0n) is 22.0. The minimum Gasteiger partial charge on any atom is -0.490 e. The summed E-state index contributed by atoms with van der Waals surface area (Å²) in [6, 6.07) is 22.0. The predicted molar refractivity (Wildman–Crippen MR) is 157 cm³/mol. The number of rotatable bonds is 9. The molecule has 1 aliphatic heterocycles. The van der Waals surface area contributed by atoms with E-state index in [4.69, 9.17) is 25.8 Å². The standard InChI is InChI=1S/C29H24ClN3O6S2/c1-3-37-23-16-15-19(17-24(23)38-4-2)27-31-22(28(34)39-27)18-25-26(30)33(20-11-7-5-8-12-20)29(40-25)32-41(35,36)21-13-9-6-10-14-21/h5-18H,3-4H2,1-2H3/b22-18-,32-29+. The Morgan fingerprint density at radius 3 is 2.32 bits per heavy atom. The van der Waals surface area contributed by atoms with E-state index in [1.165, 1.54) is 22.8 Å². The molecule has 41 heavy (non-hydrogen) atoms. The fourth-order valence-electron chi connectivity index (χ4n) is 3.92. The molecule has 0 N–H and O–H groups in total. The maximum atomic E-state index is 13.1. The van der Waals surface area contributed by atoms with Crippen LogP contribution in [-0.4, -0.2) is 38.1 Å². The van der Waals surface area contributed by atoms with E-state index in [-0.39, 0.29) is 26.4 Å². The van der Waals surface area contributed by atoms with Gasteiger partial charge in [-0.2, -0.15) is 8.42 Å². The Balaban J connectivity index is 1.59. The first-order chi connectivity index (χ1) is 19.8. The van der Waals surface area contributed by atoms with Crippen molar-refractivity contribution in [2.24, 2.45) is 9.39 Å². The van der Waals surface area contributed by atoms with Gasteiger partial charge >= 0.3 is 5.97 Å². The van der Waals surface area contributed by atoms with Crippen LogP contribution in [0.5, 0.6) is 11.5 Å². The number of carbonyl (C=O) groups is 1. The smallest absolute Gasteiger partial charge is 0.363 e. The molecule has 2 heterocycles. The van der Waals surface area contributed by atoms with Crippen LogP contribution in [0.1, 0.15) is 24.3 Å². The molecule has 4 aromatic rings. The average molecular weight is 610 g/mol. The first-order valence-electron chi connectivity index (χ1n) is 12.6. The van der Waals surface area contributed by atoms with Gasteiger partial charge in [0.1, 0.15) is 5.15 Å². The molecule has 0 spiro atoms. The summed E-state index contributed by atoms with van der Waals surface area (Å²) in [6.45, 7) is 4.62. The lowest BCUT2D eigenvalue weighted by Gasteiger charge is -2.11. The molecule has 9 nitrogen and oxygen atoms in total. The van der Waals surface area contributed by atoms with Crippen LogP contribution in [0.25, 0.3) is 11.8 Å². The first kappa shape index (κ1) is 28.3. The van der Waals surface area contributed by atoms with Crippen molar-refractivity contribution in [1.29, 1.82) is 0 Å². The summed E-state index contributed by atoms with van der Waals surface area (Å²) in [7, 11) is -4.05. The zero-order valence-corrected chi connectivity index (χ0v) is 24.4. The van der Waals surface area contributed by atoms with Crippen LogP contribution in [0, 0.1) is 0 Å². The van der Waals surface area contributed by atoms with Crippen molar-refractivity contribution in [3.05, 3.63) is 105 Å². The summed E-state index contributed by atoms with van der Waals surface area (Å²) < 4.78 is 48.5. The molecule has 0 bridgehead atoms. The lowest BCUT2D eigenvalue weighted by Crippen LogP contribution is -2.15. The molecule has 210 valence electrons.